The van der Waals surface area contributed by atoms with Gasteiger partial charge in [0.2, 0.25) is 0 Å². The van der Waals surface area contributed by atoms with Crippen LogP contribution in [0.2, 0.25) is 0 Å². The van der Waals surface area contributed by atoms with Gasteiger partial charge in [0.05, 0.1) is 6.61 Å². The number of ether oxygens (including phenoxy) is 1. The number of nitrogens with one attached hydrogen (secondary N) is 1. The highest BCUT2D eigenvalue weighted by Gasteiger charge is 2.35. The Labute approximate surface area is 122 Å². The zero-order valence-corrected chi connectivity index (χ0v) is 12.6. The molecule has 3 heteroatoms. The fourth-order valence-electron chi connectivity index (χ4n) is 3.42. The maximum atomic E-state index is 5.63. The Balaban J connectivity index is 1.80. The molecule has 3 nitrogen and oxygen atoms in total. The van der Waals surface area contributed by atoms with Gasteiger partial charge in [-0.25, -0.2) is 0 Å². The molecule has 0 aromatic heterocycles. The summed E-state index contributed by atoms with van der Waals surface area (Å²) in [7, 11) is 0. The summed E-state index contributed by atoms with van der Waals surface area (Å²) in [5.41, 5.74) is 1.43. The SMILES string of the molecule is CC(C)C1CN(C2CCOC2)C(c2ccccc2)CN1. The van der Waals surface area contributed by atoms with E-state index in [-0.39, 0.29) is 0 Å². The second kappa shape index (κ2) is 6.25. The molecule has 2 aliphatic heterocycles. The van der Waals surface area contributed by atoms with E-state index in [0.717, 1.165) is 26.3 Å². The maximum Gasteiger partial charge on any atom is 0.0622 e. The van der Waals surface area contributed by atoms with Gasteiger partial charge in [-0.2, -0.15) is 0 Å². The molecule has 110 valence electrons. The van der Waals surface area contributed by atoms with Crippen molar-refractivity contribution in [2.24, 2.45) is 5.92 Å². The van der Waals surface area contributed by atoms with Crippen LogP contribution < -0.4 is 5.32 Å². The Morgan fingerprint density at radius 3 is 2.70 bits per heavy atom. The van der Waals surface area contributed by atoms with Gasteiger partial charge >= 0.3 is 0 Å². The third-order valence-electron chi connectivity index (χ3n) is 4.74. The third kappa shape index (κ3) is 2.90. The molecule has 3 atom stereocenters. The molecule has 3 unspecified atom stereocenters. The normalized spacial score (nSPS) is 31.9. The van der Waals surface area contributed by atoms with E-state index in [4.69, 9.17) is 4.74 Å². The molecule has 2 aliphatic rings. The van der Waals surface area contributed by atoms with Gasteiger partial charge in [-0.15, -0.1) is 0 Å². The second-order valence-corrected chi connectivity index (χ2v) is 6.40. The summed E-state index contributed by atoms with van der Waals surface area (Å²) in [6, 6.07) is 12.6. The zero-order chi connectivity index (χ0) is 13.9. The Kier molecular flexibility index (Phi) is 4.39. The number of hydrogen-bond acceptors (Lipinski definition) is 3. The largest absolute Gasteiger partial charge is 0.380 e. The van der Waals surface area contributed by atoms with Gasteiger partial charge in [-0.05, 0) is 17.9 Å². The van der Waals surface area contributed by atoms with E-state index in [0.29, 0.717) is 24.0 Å². The van der Waals surface area contributed by atoms with Gasteiger partial charge in [0, 0.05) is 37.8 Å². The topological polar surface area (TPSA) is 24.5 Å². The summed E-state index contributed by atoms with van der Waals surface area (Å²) in [6.07, 6.45) is 1.17. The predicted octanol–water partition coefficient (Wildman–Crippen LogP) is 2.45. The van der Waals surface area contributed by atoms with E-state index >= 15 is 0 Å². The highest BCUT2D eigenvalue weighted by molar-refractivity contribution is 5.21. The average Bonchev–Trinajstić information content (AvgIpc) is 3.01. The van der Waals surface area contributed by atoms with Crippen LogP contribution in [-0.4, -0.2) is 43.3 Å². The summed E-state index contributed by atoms with van der Waals surface area (Å²) in [5.74, 6) is 0.677. The highest BCUT2D eigenvalue weighted by atomic mass is 16.5. The number of benzene rings is 1. The molecule has 2 heterocycles. The molecule has 1 N–H and O–H groups in total. The standard InChI is InChI=1S/C17H26N2O/c1-13(2)16-11-19(15-8-9-20-12-15)17(10-18-16)14-6-4-3-5-7-14/h3-7,13,15-18H,8-12H2,1-2H3. The first-order valence-electron chi connectivity index (χ1n) is 7.87. The summed E-state index contributed by atoms with van der Waals surface area (Å²) in [5, 5.41) is 3.74. The first-order chi connectivity index (χ1) is 9.75. The van der Waals surface area contributed by atoms with E-state index in [1.807, 2.05) is 0 Å². The van der Waals surface area contributed by atoms with Gasteiger partial charge in [-0.1, -0.05) is 44.2 Å². The van der Waals surface area contributed by atoms with Gasteiger partial charge in [0.25, 0.3) is 0 Å². The van der Waals surface area contributed by atoms with Crippen molar-refractivity contribution in [1.29, 1.82) is 0 Å². The van der Waals surface area contributed by atoms with E-state index in [1.54, 1.807) is 0 Å². The van der Waals surface area contributed by atoms with E-state index in [9.17, 15) is 0 Å². The minimum Gasteiger partial charge on any atom is -0.380 e. The number of rotatable bonds is 3. The average molecular weight is 274 g/mol. The monoisotopic (exact) mass is 274 g/mol. The molecule has 0 radical (unpaired) electrons. The zero-order valence-electron chi connectivity index (χ0n) is 12.6. The molecule has 1 aromatic carbocycles. The van der Waals surface area contributed by atoms with Crippen molar-refractivity contribution in [3.63, 3.8) is 0 Å². The van der Waals surface area contributed by atoms with Crippen LogP contribution in [0, 0.1) is 5.92 Å². The van der Waals surface area contributed by atoms with Gasteiger partial charge in [0.1, 0.15) is 0 Å². The molecule has 0 amide bonds. The van der Waals surface area contributed by atoms with Crippen LogP contribution in [0.4, 0.5) is 0 Å². The molecule has 0 spiro atoms. The Hall–Kier alpha value is -0.900. The van der Waals surface area contributed by atoms with Crippen molar-refractivity contribution in [3.8, 4) is 0 Å². The fraction of sp³-hybridized carbons (Fsp3) is 0.647. The minimum atomic E-state index is 0.484. The van der Waals surface area contributed by atoms with Crippen molar-refractivity contribution < 1.29 is 4.74 Å². The van der Waals surface area contributed by atoms with E-state index < -0.39 is 0 Å². The summed E-state index contributed by atoms with van der Waals surface area (Å²) < 4.78 is 5.63. The second-order valence-electron chi connectivity index (χ2n) is 6.40. The van der Waals surface area contributed by atoms with Crippen molar-refractivity contribution in [2.45, 2.75) is 38.4 Å². The summed E-state index contributed by atoms with van der Waals surface area (Å²) in [4.78, 5) is 2.68. The summed E-state index contributed by atoms with van der Waals surface area (Å²) in [6.45, 7) is 8.61. The maximum absolute atomic E-state index is 5.63. The van der Waals surface area contributed by atoms with E-state index in [1.165, 1.54) is 12.0 Å². The van der Waals surface area contributed by atoms with Crippen molar-refractivity contribution in [2.75, 3.05) is 26.3 Å². The Morgan fingerprint density at radius 1 is 1.25 bits per heavy atom. The molecule has 20 heavy (non-hydrogen) atoms. The fourth-order valence-corrected chi connectivity index (χ4v) is 3.42. The van der Waals surface area contributed by atoms with Gasteiger partial charge in [0.15, 0.2) is 0 Å². The molecular formula is C17H26N2O. The highest BCUT2D eigenvalue weighted by Crippen LogP contribution is 2.29. The lowest BCUT2D eigenvalue weighted by atomic mass is 9.94. The van der Waals surface area contributed by atoms with Crippen LogP contribution in [0.3, 0.4) is 0 Å². The number of hydrogen-bond donors (Lipinski definition) is 1. The van der Waals surface area contributed by atoms with Crippen LogP contribution >= 0.6 is 0 Å². The molecule has 0 saturated carbocycles. The molecular weight excluding hydrogens is 248 g/mol. The third-order valence-corrected chi connectivity index (χ3v) is 4.74. The van der Waals surface area contributed by atoms with Crippen LogP contribution in [0.15, 0.2) is 30.3 Å². The lowest BCUT2D eigenvalue weighted by Crippen LogP contribution is -2.57. The molecule has 0 aliphatic carbocycles. The van der Waals surface area contributed by atoms with Crippen LogP contribution in [0.25, 0.3) is 0 Å². The van der Waals surface area contributed by atoms with Crippen LogP contribution in [0.5, 0.6) is 0 Å². The first kappa shape index (κ1) is 14.1. The molecule has 3 rings (SSSR count). The van der Waals surface area contributed by atoms with Crippen LogP contribution in [-0.2, 0) is 4.74 Å². The lowest BCUT2D eigenvalue weighted by molar-refractivity contribution is 0.0595. The Bertz CT molecular complexity index is 414. The smallest absolute Gasteiger partial charge is 0.0622 e. The Morgan fingerprint density at radius 2 is 2.05 bits per heavy atom. The van der Waals surface area contributed by atoms with Crippen LogP contribution in [0.1, 0.15) is 31.9 Å². The molecule has 2 fully saturated rings. The van der Waals surface area contributed by atoms with Crippen molar-refractivity contribution in [1.82, 2.24) is 10.2 Å². The minimum absolute atomic E-state index is 0.484. The van der Waals surface area contributed by atoms with E-state index in [2.05, 4.69) is 54.4 Å². The number of nitrogens with zero attached hydrogens (tertiary/aromatic N) is 1. The quantitative estimate of drug-likeness (QED) is 0.916. The van der Waals surface area contributed by atoms with Gasteiger partial charge in [-0.3, -0.25) is 4.90 Å². The number of piperazine rings is 1. The predicted molar refractivity (Wildman–Crippen MR) is 81.7 cm³/mol. The summed E-state index contributed by atoms with van der Waals surface area (Å²) >= 11 is 0. The molecule has 2 saturated heterocycles. The molecule has 1 aromatic rings. The van der Waals surface area contributed by atoms with Crippen molar-refractivity contribution in [3.05, 3.63) is 35.9 Å². The van der Waals surface area contributed by atoms with Crippen molar-refractivity contribution >= 4 is 0 Å². The first-order valence-corrected chi connectivity index (χ1v) is 7.87. The lowest BCUT2D eigenvalue weighted by Gasteiger charge is -2.44. The van der Waals surface area contributed by atoms with Gasteiger partial charge < -0.3 is 10.1 Å². The molecule has 0 bridgehead atoms.